The Morgan fingerprint density at radius 3 is 2.38 bits per heavy atom. The van der Waals surface area contributed by atoms with Crippen LogP contribution in [0.4, 0.5) is 0 Å². The van der Waals surface area contributed by atoms with Crippen LogP contribution in [0.1, 0.15) is 26.7 Å². The first kappa shape index (κ1) is 15.4. The Morgan fingerprint density at radius 1 is 1.25 bits per heavy atom. The Balaban J connectivity index is 3.76. The van der Waals surface area contributed by atoms with Gasteiger partial charge < -0.3 is 10.6 Å². The number of likely N-dealkylation sites (N-methyl/N-ethyl adjacent to an activating group) is 2. The van der Waals surface area contributed by atoms with Gasteiger partial charge in [0.2, 0.25) is 5.91 Å². The highest BCUT2D eigenvalue weighted by Gasteiger charge is 2.11. The summed E-state index contributed by atoms with van der Waals surface area (Å²) in [6.07, 6.45) is 2.01. The van der Waals surface area contributed by atoms with Crippen LogP contribution in [-0.2, 0) is 4.79 Å². The quantitative estimate of drug-likeness (QED) is 0.669. The third-order valence-electron chi connectivity index (χ3n) is 2.62. The average molecular weight is 229 g/mol. The molecule has 0 bridgehead atoms. The summed E-state index contributed by atoms with van der Waals surface area (Å²) in [7, 11) is 3.84. The zero-order valence-electron chi connectivity index (χ0n) is 11.2. The molecule has 96 valence electrons. The predicted octanol–water partition coefficient (Wildman–Crippen LogP) is 0.772. The van der Waals surface area contributed by atoms with Gasteiger partial charge >= 0.3 is 0 Å². The van der Waals surface area contributed by atoms with E-state index < -0.39 is 0 Å². The van der Waals surface area contributed by atoms with Crippen LogP contribution in [0.25, 0.3) is 0 Å². The SMILES string of the molecule is CC(C)CCN(C)CC(=O)N(C)CCCN. The molecule has 0 rings (SSSR count). The van der Waals surface area contributed by atoms with E-state index in [1.165, 1.54) is 0 Å². The third kappa shape index (κ3) is 7.65. The molecule has 0 radical (unpaired) electrons. The highest BCUT2D eigenvalue weighted by Crippen LogP contribution is 2.00. The van der Waals surface area contributed by atoms with E-state index in [1.807, 2.05) is 14.1 Å². The number of hydrogen-bond acceptors (Lipinski definition) is 3. The summed E-state index contributed by atoms with van der Waals surface area (Å²) >= 11 is 0. The van der Waals surface area contributed by atoms with Crippen LogP contribution >= 0.6 is 0 Å². The first-order valence-electron chi connectivity index (χ1n) is 6.10. The Bertz CT molecular complexity index is 195. The predicted molar refractivity (Wildman–Crippen MR) is 68.3 cm³/mol. The van der Waals surface area contributed by atoms with Gasteiger partial charge in [0.05, 0.1) is 6.54 Å². The number of nitrogens with two attached hydrogens (primary N) is 1. The minimum atomic E-state index is 0.180. The van der Waals surface area contributed by atoms with Gasteiger partial charge in [-0.15, -0.1) is 0 Å². The molecule has 16 heavy (non-hydrogen) atoms. The molecule has 0 saturated carbocycles. The molecule has 2 N–H and O–H groups in total. The van der Waals surface area contributed by atoms with Gasteiger partial charge in [0.15, 0.2) is 0 Å². The first-order valence-corrected chi connectivity index (χ1v) is 6.10. The first-order chi connectivity index (χ1) is 7.47. The average Bonchev–Trinajstić information content (AvgIpc) is 2.22. The lowest BCUT2D eigenvalue weighted by molar-refractivity contribution is -0.130. The molecule has 0 aromatic heterocycles. The van der Waals surface area contributed by atoms with Crippen molar-refractivity contribution in [2.45, 2.75) is 26.7 Å². The van der Waals surface area contributed by atoms with E-state index in [-0.39, 0.29) is 5.91 Å². The van der Waals surface area contributed by atoms with Crippen LogP contribution in [0.15, 0.2) is 0 Å². The number of hydrogen-bond donors (Lipinski definition) is 1. The number of carbonyl (C=O) groups excluding carboxylic acids is 1. The lowest BCUT2D eigenvalue weighted by Crippen LogP contribution is -2.38. The molecule has 4 nitrogen and oxygen atoms in total. The number of nitrogens with zero attached hydrogens (tertiary/aromatic N) is 2. The maximum Gasteiger partial charge on any atom is 0.236 e. The Hall–Kier alpha value is -0.610. The van der Waals surface area contributed by atoms with Crippen LogP contribution in [-0.4, -0.2) is 56.0 Å². The van der Waals surface area contributed by atoms with Crippen molar-refractivity contribution < 1.29 is 4.79 Å². The summed E-state index contributed by atoms with van der Waals surface area (Å²) < 4.78 is 0. The van der Waals surface area contributed by atoms with Crippen molar-refractivity contribution in [3.8, 4) is 0 Å². The Labute approximate surface area is 99.8 Å². The minimum Gasteiger partial charge on any atom is -0.345 e. The Kier molecular flexibility index (Phi) is 8.21. The summed E-state index contributed by atoms with van der Waals surface area (Å²) in [4.78, 5) is 15.6. The van der Waals surface area contributed by atoms with Crippen molar-refractivity contribution in [2.75, 3.05) is 40.3 Å². The second-order valence-electron chi connectivity index (χ2n) is 4.88. The highest BCUT2D eigenvalue weighted by molar-refractivity contribution is 5.77. The normalized spacial score (nSPS) is 11.2. The second kappa shape index (κ2) is 8.53. The largest absolute Gasteiger partial charge is 0.345 e. The fourth-order valence-corrected chi connectivity index (χ4v) is 1.36. The molecule has 4 heteroatoms. The van der Waals surface area contributed by atoms with Crippen molar-refractivity contribution in [3.05, 3.63) is 0 Å². The molecule has 0 saturated heterocycles. The molecule has 0 aromatic carbocycles. The molecule has 0 spiro atoms. The van der Waals surface area contributed by atoms with Crippen LogP contribution in [0, 0.1) is 5.92 Å². The van der Waals surface area contributed by atoms with Crippen LogP contribution < -0.4 is 5.73 Å². The van der Waals surface area contributed by atoms with Gasteiger partial charge in [-0.25, -0.2) is 0 Å². The molecule has 0 unspecified atom stereocenters. The monoisotopic (exact) mass is 229 g/mol. The van der Waals surface area contributed by atoms with Crippen molar-refractivity contribution in [1.29, 1.82) is 0 Å². The van der Waals surface area contributed by atoms with Crippen molar-refractivity contribution in [1.82, 2.24) is 9.80 Å². The number of rotatable bonds is 8. The molecule has 0 aromatic rings. The second-order valence-corrected chi connectivity index (χ2v) is 4.88. The topological polar surface area (TPSA) is 49.6 Å². The summed E-state index contributed by atoms with van der Waals surface area (Å²) in [5.41, 5.74) is 5.41. The fourth-order valence-electron chi connectivity index (χ4n) is 1.36. The molecule has 0 aliphatic carbocycles. The van der Waals surface area contributed by atoms with Crippen LogP contribution in [0.3, 0.4) is 0 Å². The van der Waals surface area contributed by atoms with E-state index in [0.717, 1.165) is 25.9 Å². The fraction of sp³-hybridized carbons (Fsp3) is 0.917. The van der Waals surface area contributed by atoms with E-state index in [4.69, 9.17) is 5.73 Å². The smallest absolute Gasteiger partial charge is 0.236 e. The van der Waals surface area contributed by atoms with Crippen LogP contribution in [0.2, 0.25) is 0 Å². The Morgan fingerprint density at radius 2 is 1.88 bits per heavy atom. The van der Waals surface area contributed by atoms with Crippen molar-refractivity contribution >= 4 is 5.91 Å². The van der Waals surface area contributed by atoms with Crippen molar-refractivity contribution in [2.24, 2.45) is 11.7 Å². The van der Waals surface area contributed by atoms with E-state index in [2.05, 4.69) is 18.7 Å². The van der Waals surface area contributed by atoms with Crippen molar-refractivity contribution in [3.63, 3.8) is 0 Å². The van der Waals surface area contributed by atoms with Gasteiger partial charge in [0.25, 0.3) is 0 Å². The third-order valence-corrected chi connectivity index (χ3v) is 2.62. The molecular weight excluding hydrogens is 202 g/mol. The summed E-state index contributed by atoms with van der Waals surface area (Å²) in [6, 6.07) is 0. The van der Waals surface area contributed by atoms with Gasteiger partial charge in [-0.3, -0.25) is 9.69 Å². The van der Waals surface area contributed by atoms with Gasteiger partial charge in [0, 0.05) is 13.6 Å². The standard InChI is InChI=1S/C12H27N3O/c1-11(2)6-9-14(3)10-12(16)15(4)8-5-7-13/h11H,5-10,13H2,1-4H3. The van der Waals surface area contributed by atoms with E-state index >= 15 is 0 Å². The zero-order chi connectivity index (χ0) is 12.6. The number of carbonyl (C=O) groups is 1. The maximum absolute atomic E-state index is 11.7. The number of amides is 1. The summed E-state index contributed by atoms with van der Waals surface area (Å²) in [5.74, 6) is 0.868. The molecular formula is C12H27N3O. The summed E-state index contributed by atoms with van der Waals surface area (Å²) in [6.45, 7) is 7.28. The molecule has 0 heterocycles. The molecule has 0 atom stereocenters. The molecule has 0 fully saturated rings. The zero-order valence-corrected chi connectivity index (χ0v) is 11.2. The van der Waals surface area contributed by atoms with Gasteiger partial charge in [-0.1, -0.05) is 13.8 Å². The van der Waals surface area contributed by atoms with Gasteiger partial charge in [-0.2, -0.15) is 0 Å². The minimum absolute atomic E-state index is 0.180. The lowest BCUT2D eigenvalue weighted by Gasteiger charge is -2.22. The molecule has 1 amide bonds. The maximum atomic E-state index is 11.7. The van der Waals surface area contributed by atoms with E-state index in [0.29, 0.717) is 19.0 Å². The van der Waals surface area contributed by atoms with E-state index in [1.54, 1.807) is 4.90 Å². The highest BCUT2D eigenvalue weighted by atomic mass is 16.2. The molecule has 0 aliphatic rings. The van der Waals surface area contributed by atoms with Crippen LogP contribution in [0.5, 0.6) is 0 Å². The van der Waals surface area contributed by atoms with Gasteiger partial charge in [0.1, 0.15) is 0 Å². The van der Waals surface area contributed by atoms with E-state index in [9.17, 15) is 4.79 Å². The van der Waals surface area contributed by atoms with Gasteiger partial charge in [-0.05, 0) is 38.9 Å². The lowest BCUT2D eigenvalue weighted by atomic mass is 10.1. The molecule has 0 aliphatic heterocycles. The summed E-state index contributed by atoms with van der Waals surface area (Å²) in [5, 5.41) is 0.